The SMILES string of the molecule is CC(C)N1C=C(C=O)C2C(Cl)=CC=C(Cl)C21. The minimum absolute atomic E-state index is 0.0145. The molecule has 0 bridgehead atoms. The Balaban J connectivity index is 2.43. The van der Waals surface area contributed by atoms with Gasteiger partial charge in [0.05, 0.1) is 6.04 Å². The molecule has 2 rings (SSSR count). The predicted molar refractivity (Wildman–Crippen MR) is 66.3 cm³/mol. The second-order valence-electron chi connectivity index (χ2n) is 4.31. The number of allylic oxidation sites excluding steroid dienone is 2. The molecule has 1 aliphatic heterocycles. The summed E-state index contributed by atoms with van der Waals surface area (Å²) in [4.78, 5) is 13.1. The number of carbonyl (C=O) groups excluding carboxylic acids is 1. The fraction of sp³-hybridized carbons (Fsp3) is 0.417. The molecule has 2 aliphatic rings. The van der Waals surface area contributed by atoms with Gasteiger partial charge in [-0.3, -0.25) is 4.79 Å². The number of hydrogen-bond acceptors (Lipinski definition) is 2. The standard InChI is InChI=1S/C12H13Cl2NO/c1-7(2)15-5-8(6-16)11-9(13)3-4-10(14)12(11)15/h3-7,11-12H,1-2H3. The van der Waals surface area contributed by atoms with Gasteiger partial charge in [-0.05, 0) is 26.0 Å². The summed E-state index contributed by atoms with van der Waals surface area (Å²) in [7, 11) is 0. The third-order valence-corrected chi connectivity index (χ3v) is 3.72. The summed E-state index contributed by atoms with van der Waals surface area (Å²) >= 11 is 12.4. The van der Waals surface area contributed by atoms with Gasteiger partial charge in [0.25, 0.3) is 0 Å². The van der Waals surface area contributed by atoms with E-state index >= 15 is 0 Å². The van der Waals surface area contributed by atoms with Gasteiger partial charge < -0.3 is 4.90 Å². The quantitative estimate of drug-likeness (QED) is 0.709. The van der Waals surface area contributed by atoms with E-state index in [0.717, 1.165) is 11.3 Å². The van der Waals surface area contributed by atoms with Crippen molar-refractivity contribution in [2.75, 3.05) is 0 Å². The molecule has 2 unspecified atom stereocenters. The van der Waals surface area contributed by atoms with Gasteiger partial charge in [0, 0.05) is 33.8 Å². The number of nitrogens with zero attached hydrogens (tertiary/aromatic N) is 1. The van der Waals surface area contributed by atoms with Gasteiger partial charge in [-0.15, -0.1) is 0 Å². The maximum atomic E-state index is 11.0. The molecular formula is C12H13Cl2NO. The zero-order chi connectivity index (χ0) is 11.9. The number of rotatable bonds is 2. The van der Waals surface area contributed by atoms with Crippen molar-refractivity contribution >= 4 is 29.5 Å². The van der Waals surface area contributed by atoms with Crippen LogP contribution in [-0.4, -0.2) is 23.3 Å². The number of fused-ring (bicyclic) bond motifs is 1. The lowest BCUT2D eigenvalue weighted by atomic mass is 9.91. The smallest absolute Gasteiger partial charge is 0.148 e. The first-order valence-electron chi connectivity index (χ1n) is 5.23. The Labute approximate surface area is 105 Å². The Morgan fingerprint density at radius 1 is 1.31 bits per heavy atom. The van der Waals surface area contributed by atoms with E-state index in [0.29, 0.717) is 10.6 Å². The molecule has 4 heteroatoms. The molecule has 0 amide bonds. The average Bonchev–Trinajstić information content (AvgIpc) is 2.64. The Kier molecular flexibility index (Phi) is 3.13. The van der Waals surface area contributed by atoms with Crippen molar-refractivity contribution < 1.29 is 4.79 Å². The lowest BCUT2D eigenvalue weighted by molar-refractivity contribution is -0.105. The molecular weight excluding hydrogens is 245 g/mol. The van der Waals surface area contributed by atoms with E-state index in [1.807, 2.05) is 12.3 Å². The second-order valence-corrected chi connectivity index (χ2v) is 5.19. The van der Waals surface area contributed by atoms with E-state index in [2.05, 4.69) is 18.7 Å². The molecule has 0 aromatic carbocycles. The predicted octanol–water partition coefficient (Wildman–Crippen LogP) is 3.04. The number of hydrogen-bond donors (Lipinski definition) is 0. The van der Waals surface area contributed by atoms with Crippen molar-refractivity contribution in [3.8, 4) is 0 Å². The van der Waals surface area contributed by atoms with Crippen LogP contribution in [0.3, 0.4) is 0 Å². The summed E-state index contributed by atoms with van der Waals surface area (Å²) in [5, 5.41) is 1.41. The van der Waals surface area contributed by atoms with Crippen LogP contribution in [0.4, 0.5) is 0 Å². The number of aldehydes is 1. The lowest BCUT2D eigenvalue weighted by Gasteiger charge is -2.34. The van der Waals surface area contributed by atoms with Crippen molar-refractivity contribution in [1.82, 2.24) is 4.90 Å². The highest BCUT2D eigenvalue weighted by Crippen LogP contribution is 2.42. The molecule has 0 fully saturated rings. The van der Waals surface area contributed by atoms with Crippen LogP contribution in [0.1, 0.15) is 13.8 Å². The van der Waals surface area contributed by atoms with Crippen LogP contribution in [0.5, 0.6) is 0 Å². The molecule has 0 saturated carbocycles. The van der Waals surface area contributed by atoms with Crippen molar-refractivity contribution in [2.45, 2.75) is 25.9 Å². The Morgan fingerprint density at radius 2 is 1.94 bits per heavy atom. The molecule has 0 N–H and O–H groups in total. The highest BCUT2D eigenvalue weighted by molar-refractivity contribution is 6.33. The Bertz CT molecular complexity index is 409. The maximum Gasteiger partial charge on any atom is 0.148 e. The van der Waals surface area contributed by atoms with Crippen LogP contribution in [-0.2, 0) is 4.79 Å². The normalized spacial score (nSPS) is 28.6. The van der Waals surface area contributed by atoms with Crippen LogP contribution >= 0.6 is 23.2 Å². The van der Waals surface area contributed by atoms with Gasteiger partial charge in [-0.1, -0.05) is 23.2 Å². The van der Waals surface area contributed by atoms with E-state index in [-0.39, 0.29) is 18.0 Å². The van der Waals surface area contributed by atoms with Gasteiger partial charge in [-0.2, -0.15) is 0 Å². The van der Waals surface area contributed by atoms with E-state index in [4.69, 9.17) is 23.2 Å². The molecule has 0 aromatic rings. The van der Waals surface area contributed by atoms with Crippen LogP contribution < -0.4 is 0 Å². The minimum Gasteiger partial charge on any atom is -0.366 e. The number of carbonyl (C=O) groups is 1. The molecule has 0 spiro atoms. The highest BCUT2D eigenvalue weighted by Gasteiger charge is 2.41. The maximum absolute atomic E-state index is 11.0. The van der Waals surface area contributed by atoms with Crippen LogP contribution in [0.25, 0.3) is 0 Å². The zero-order valence-electron chi connectivity index (χ0n) is 9.15. The van der Waals surface area contributed by atoms with E-state index < -0.39 is 0 Å². The van der Waals surface area contributed by atoms with Crippen molar-refractivity contribution in [2.24, 2.45) is 5.92 Å². The summed E-state index contributed by atoms with van der Waals surface area (Å²) in [5.41, 5.74) is 0.700. The minimum atomic E-state index is -0.0981. The highest BCUT2D eigenvalue weighted by atomic mass is 35.5. The third kappa shape index (κ3) is 1.70. The van der Waals surface area contributed by atoms with Crippen molar-refractivity contribution in [3.63, 3.8) is 0 Å². The van der Waals surface area contributed by atoms with Gasteiger partial charge in [0.15, 0.2) is 0 Å². The van der Waals surface area contributed by atoms with Gasteiger partial charge in [-0.25, -0.2) is 0 Å². The van der Waals surface area contributed by atoms with E-state index in [1.165, 1.54) is 0 Å². The fourth-order valence-electron chi connectivity index (χ4n) is 2.23. The summed E-state index contributed by atoms with van der Waals surface area (Å²) in [6, 6.07) is 0.272. The monoisotopic (exact) mass is 257 g/mol. The first-order valence-corrected chi connectivity index (χ1v) is 5.99. The van der Waals surface area contributed by atoms with Gasteiger partial charge >= 0.3 is 0 Å². The first kappa shape index (κ1) is 11.7. The zero-order valence-corrected chi connectivity index (χ0v) is 10.7. The molecule has 0 aromatic heterocycles. The van der Waals surface area contributed by atoms with Crippen LogP contribution in [0.15, 0.2) is 34.0 Å². The molecule has 16 heavy (non-hydrogen) atoms. The fourth-order valence-corrected chi connectivity index (χ4v) is 2.84. The first-order chi connectivity index (χ1) is 7.56. The topological polar surface area (TPSA) is 20.3 Å². The van der Waals surface area contributed by atoms with E-state index in [9.17, 15) is 4.79 Å². The summed E-state index contributed by atoms with van der Waals surface area (Å²) < 4.78 is 0. The van der Waals surface area contributed by atoms with Gasteiger partial charge in [0.1, 0.15) is 6.29 Å². The summed E-state index contributed by atoms with van der Waals surface area (Å²) in [6.45, 7) is 4.13. The van der Waals surface area contributed by atoms with Gasteiger partial charge in [0.2, 0.25) is 0 Å². The molecule has 0 radical (unpaired) electrons. The Hall–Kier alpha value is -0.730. The van der Waals surface area contributed by atoms with E-state index in [1.54, 1.807) is 6.08 Å². The van der Waals surface area contributed by atoms with Crippen molar-refractivity contribution in [1.29, 1.82) is 0 Å². The molecule has 86 valence electrons. The Morgan fingerprint density at radius 3 is 2.50 bits per heavy atom. The molecule has 2 atom stereocenters. The number of halogens is 2. The molecule has 1 aliphatic carbocycles. The van der Waals surface area contributed by atoms with Crippen LogP contribution in [0, 0.1) is 5.92 Å². The molecule has 2 nitrogen and oxygen atoms in total. The van der Waals surface area contributed by atoms with Crippen LogP contribution in [0.2, 0.25) is 0 Å². The average molecular weight is 258 g/mol. The third-order valence-electron chi connectivity index (χ3n) is 3.01. The van der Waals surface area contributed by atoms with Crippen molar-refractivity contribution in [3.05, 3.63) is 34.0 Å². The lowest BCUT2D eigenvalue weighted by Crippen LogP contribution is -2.38. The summed E-state index contributed by atoms with van der Waals surface area (Å²) in [6.07, 6.45) is 6.31. The summed E-state index contributed by atoms with van der Waals surface area (Å²) in [5.74, 6) is -0.0981. The second kappa shape index (κ2) is 4.27. The largest absolute Gasteiger partial charge is 0.366 e. The molecule has 0 saturated heterocycles. The molecule has 1 heterocycles.